The highest BCUT2D eigenvalue weighted by atomic mass is 79.9. The Morgan fingerprint density at radius 1 is 0.828 bits per heavy atom. The van der Waals surface area contributed by atoms with Gasteiger partial charge in [-0.3, -0.25) is 4.79 Å². The van der Waals surface area contributed by atoms with Crippen LogP contribution in [0.1, 0.15) is 52.9 Å². The Morgan fingerprint density at radius 2 is 1.38 bits per heavy atom. The number of carbonyl (C=O) groups excluding carboxylic acids is 1. The molecule has 0 N–H and O–H groups in total. The van der Waals surface area contributed by atoms with E-state index in [1.807, 2.05) is 24.3 Å². The minimum absolute atomic E-state index is 0.111. The lowest BCUT2D eigenvalue weighted by atomic mass is 9.98. The second-order valence-corrected chi connectivity index (χ2v) is 10.3. The first-order valence-electron chi connectivity index (χ1n) is 9.46. The standard InChI is InChI=1S/C24H23BrO3S/c1-17(2)18-8-10-20(11-9-18)24(29(27,28)22-6-4-3-5-7-22)16-23(26)19-12-14-21(25)15-13-19/h3-15,17,24H,16H2,1-2H3. The summed E-state index contributed by atoms with van der Waals surface area (Å²) in [6.45, 7) is 4.18. The van der Waals surface area contributed by atoms with E-state index in [0.29, 0.717) is 17.0 Å². The first kappa shape index (κ1) is 21.5. The van der Waals surface area contributed by atoms with Crippen LogP contribution >= 0.6 is 15.9 Å². The van der Waals surface area contributed by atoms with E-state index in [4.69, 9.17) is 0 Å². The summed E-state index contributed by atoms with van der Waals surface area (Å²) in [5.74, 6) is 0.146. The van der Waals surface area contributed by atoms with Crippen molar-refractivity contribution >= 4 is 31.6 Å². The van der Waals surface area contributed by atoms with Crippen molar-refractivity contribution in [3.63, 3.8) is 0 Å². The fourth-order valence-corrected chi connectivity index (χ4v) is 5.21. The highest BCUT2D eigenvalue weighted by Gasteiger charge is 2.31. The van der Waals surface area contributed by atoms with Crippen LogP contribution in [0, 0.1) is 0 Å². The first-order chi connectivity index (χ1) is 13.8. The summed E-state index contributed by atoms with van der Waals surface area (Å²) in [5, 5.41) is -0.942. The minimum atomic E-state index is -3.73. The molecule has 5 heteroatoms. The number of ketones is 1. The van der Waals surface area contributed by atoms with E-state index in [1.54, 1.807) is 54.6 Å². The van der Waals surface area contributed by atoms with Gasteiger partial charge in [-0.2, -0.15) is 0 Å². The lowest BCUT2D eigenvalue weighted by molar-refractivity contribution is 0.0980. The van der Waals surface area contributed by atoms with E-state index in [1.165, 1.54) is 0 Å². The third kappa shape index (κ3) is 5.03. The average Bonchev–Trinajstić information content (AvgIpc) is 2.73. The molecule has 0 radical (unpaired) electrons. The first-order valence-corrected chi connectivity index (χ1v) is 11.8. The van der Waals surface area contributed by atoms with Crippen LogP contribution in [0.15, 0.2) is 88.2 Å². The number of Topliss-reactive ketones (excluding diaryl/α,β-unsaturated/α-hetero) is 1. The van der Waals surface area contributed by atoms with Crippen molar-refractivity contribution in [3.05, 3.63) is 100 Å². The molecule has 1 unspecified atom stereocenters. The second-order valence-electron chi connectivity index (χ2n) is 7.30. The molecule has 0 aliphatic carbocycles. The van der Waals surface area contributed by atoms with Crippen molar-refractivity contribution in [2.75, 3.05) is 0 Å². The Labute approximate surface area is 180 Å². The highest BCUT2D eigenvalue weighted by molar-refractivity contribution is 9.10. The van der Waals surface area contributed by atoms with Gasteiger partial charge in [0.15, 0.2) is 15.6 Å². The minimum Gasteiger partial charge on any atom is -0.294 e. The summed E-state index contributed by atoms with van der Waals surface area (Å²) < 4.78 is 27.7. The molecule has 0 fully saturated rings. The number of hydrogen-bond acceptors (Lipinski definition) is 3. The smallest absolute Gasteiger partial charge is 0.185 e. The summed E-state index contributed by atoms with van der Waals surface area (Å²) in [4.78, 5) is 13.1. The Hall–Kier alpha value is -2.24. The van der Waals surface area contributed by atoms with Gasteiger partial charge in [-0.05, 0) is 41.3 Å². The second kappa shape index (κ2) is 9.06. The van der Waals surface area contributed by atoms with Crippen molar-refractivity contribution in [2.45, 2.75) is 36.3 Å². The van der Waals surface area contributed by atoms with Crippen LogP contribution < -0.4 is 0 Å². The average molecular weight is 471 g/mol. The molecule has 29 heavy (non-hydrogen) atoms. The van der Waals surface area contributed by atoms with Gasteiger partial charge in [0.25, 0.3) is 0 Å². The predicted molar refractivity (Wildman–Crippen MR) is 120 cm³/mol. The van der Waals surface area contributed by atoms with Crippen molar-refractivity contribution < 1.29 is 13.2 Å². The maximum atomic E-state index is 13.4. The van der Waals surface area contributed by atoms with Gasteiger partial charge < -0.3 is 0 Å². The molecule has 0 aromatic heterocycles. The molecule has 3 nitrogen and oxygen atoms in total. The molecule has 0 aliphatic heterocycles. The van der Waals surface area contributed by atoms with E-state index in [9.17, 15) is 13.2 Å². The van der Waals surface area contributed by atoms with Crippen LogP contribution in [0.3, 0.4) is 0 Å². The topological polar surface area (TPSA) is 51.2 Å². The van der Waals surface area contributed by atoms with Gasteiger partial charge in [0.1, 0.15) is 0 Å². The molecule has 0 amide bonds. The van der Waals surface area contributed by atoms with Crippen LogP contribution in [0.5, 0.6) is 0 Å². The molecule has 0 spiro atoms. The van der Waals surface area contributed by atoms with Gasteiger partial charge in [0.2, 0.25) is 0 Å². The molecule has 3 aromatic carbocycles. The molecule has 0 bridgehead atoms. The number of halogens is 1. The number of rotatable bonds is 7. The third-order valence-electron chi connectivity index (χ3n) is 4.96. The SMILES string of the molecule is CC(C)c1ccc(C(CC(=O)c2ccc(Br)cc2)S(=O)(=O)c2ccccc2)cc1. The summed E-state index contributed by atoms with van der Waals surface area (Å²) in [5.41, 5.74) is 2.26. The fourth-order valence-electron chi connectivity index (χ4n) is 3.20. The monoisotopic (exact) mass is 470 g/mol. The Balaban J connectivity index is 2.01. The van der Waals surface area contributed by atoms with E-state index in [0.717, 1.165) is 10.0 Å². The van der Waals surface area contributed by atoms with Crippen LogP contribution in [0.25, 0.3) is 0 Å². The quantitative estimate of drug-likeness (QED) is 0.377. The van der Waals surface area contributed by atoms with Gasteiger partial charge in [-0.25, -0.2) is 8.42 Å². The molecule has 3 rings (SSSR count). The van der Waals surface area contributed by atoms with Gasteiger partial charge >= 0.3 is 0 Å². The van der Waals surface area contributed by atoms with Gasteiger partial charge in [0, 0.05) is 16.5 Å². The molecular weight excluding hydrogens is 448 g/mol. The summed E-state index contributed by atoms with van der Waals surface area (Å²) in [6.07, 6.45) is -0.111. The number of carbonyl (C=O) groups is 1. The third-order valence-corrected chi connectivity index (χ3v) is 7.60. The zero-order valence-corrected chi connectivity index (χ0v) is 18.8. The summed E-state index contributed by atoms with van der Waals surface area (Å²) >= 11 is 3.36. The zero-order valence-electron chi connectivity index (χ0n) is 16.4. The predicted octanol–water partition coefficient (Wildman–Crippen LogP) is 6.36. The molecule has 1 atom stereocenters. The Bertz CT molecular complexity index is 1070. The number of sulfone groups is 1. The molecule has 0 heterocycles. The Morgan fingerprint density at radius 3 is 1.93 bits per heavy atom. The molecule has 3 aromatic rings. The fraction of sp³-hybridized carbons (Fsp3) is 0.208. The van der Waals surface area contributed by atoms with Crippen LogP contribution in [-0.4, -0.2) is 14.2 Å². The van der Waals surface area contributed by atoms with Crippen molar-refractivity contribution in [3.8, 4) is 0 Å². The number of benzene rings is 3. The highest BCUT2D eigenvalue weighted by Crippen LogP contribution is 2.34. The largest absolute Gasteiger partial charge is 0.294 e. The molecule has 0 saturated carbocycles. The van der Waals surface area contributed by atoms with Crippen LogP contribution in [0.2, 0.25) is 0 Å². The molecular formula is C24H23BrO3S. The lowest BCUT2D eigenvalue weighted by Crippen LogP contribution is -2.18. The molecule has 150 valence electrons. The van der Waals surface area contributed by atoms with E-state index in [-0.39, 0.29) is 17.1 Å². The van der Waals surface area contributed by atoms with Crippen molar-refractivity contribution in [1.82, 2.24) is 0 Å². The molecule has 0 saturated heterocycles. The van der Waals surface area contributed by atoms with Gasteiger partial charge in [-0.1, -0.05) is 84.4 Å². The van der Waals surface area contributed by atoms with Gasteiger partial charge in [0.05, 0.1) is 10.1 Å². The van der Waals surface area contributed by atoms with Crippen LogP contribution in [0.4, 0.5) is 0 Å². The Kier molecular flexibility index (Phi) is 6.70. The zero-order chi connectivity index (χ0) is 21.0. The number of hydrogen-bond donors (Lipinski definition) is 0. The van der Waals surface area contributed by atoms with Crippen molar-refractivity contribution in [2.24, 2.45) is 0 Å². The van der Waals surface area contributed by atoms with E-state index < -0.39 is 15.1 Å². The van der Waals surface area contributed by atoms with Crippen molar-refractivity contribution in [1.29, 1.82) is 0 Å². The van der Waals surface area contributed by atoms with E-state index in [2.05, 4.69) is 29.8 Å². The maximum Gasteiger partial charge on any atom is 0.185 e. The summed E-state index contributed by atoms with van der Waals surface area (Å²) in [6, 6.07) is 22.9. The lowest BCUT2D eigenvalue weighted by Gasteiger charge is -2.19. The normalized spacial score (nSPS) is 12.7. The van der Waals surface area contributed by atoms with Gasteiger partial charge in [-0.15, -0.1) is 0 Å². The summed E-state index contributed by atoms with van der Waals surface area (Å²) in [7, 11) is -3.73. The van der Waals surface area contributed by atoms with Crippen LogP contribution in [-0.2, 0) is 9.84 Å². The molecule has 0 aliphatic rings. The maximum absolute atomic E-state index is 13.4. The van der Waals surface area contributed by atoms with E-state index >= 15 is 0 Å².